The molecule has 2 saturated carbocycles. The molecule has 2 aliphatic heterocycles. The summed E-state index contributed by atoms with van der Waals surface area (Å²) in [6.45, 7) is 4.37. The Morgan fingerprint density at radius 1 is 0.500 bits per heavy atom. The summed E-state index contributed by atoms with van der Waals surface area (Å²) in [6, 6.07) is 11.9. The van der Waals surface area contributed by atoms with E-state index >= 15 is 0 Å². The minimum absolute atomic E-state index is 0.0854. The van der Waals surface area contributed by atoms with Gasteiger partial charge in [-0.05, 0) is 106 Å². The molecule has 4 amide bonds. The average Bonchev–Trinajstić information content (AvgIpc) is 3.20. The molecule has 0 unspecified atom stereocenters. The molecule has 0 N–H and O–H groups in total. The second-order valence-corrected chi connectivity index (χ2v) is 16.2. The van der Waals surface area contributed by atoms with Gasteiger partial charge >= 0.3 is 0 Å². The number of carbonyl (C=O) groups is 4. The van der Waals surface area contributed by atoms with Crippen molar-refractivity contribution in [1.82, 2.24) is 9.80 Å². The van der Waals surface area contributed by atoms with E-state index in [-0.39, 0.29) is 35.7 Å². The smallest absolute Gasteiger partial charge is 0.261 e. The van der Waals surface area contributed by atoms with Gasteiger partial charge in [0.25, 0.3) is 23.6 Å². The highest BCUT2D eigenvalue weighted by molar-refractivity contribution is 6.43. The van der Waals surface area contributed by atoms with Crippen LogP contribution in [0.15, 0.2) is 48.6 Å². The van der Waals surface area contributed by atoms with E-state index in [2.05, 4.69) is 50.3 Å². The Morgan fingerprint density at radius 3 is 1.28 bits per heavy atom. The van der Waals surface area contributed by atoms with Crippen LogP contribution in [-0.2, 0) is 0 Å². The molecule has 5 aromatic rings. The molecule has 276 valence electrons. The maximum atomic E-state index is 14.6. The van der Waals surface area contributed by atoms with Crippen LogP contribution in [0.5, 0.6) is 0 Å². The lowest BCUT2D eigenvalue weighted by atomic mass is 9.78. The number of amides is 4. The first kappa shape index (κ1) is 34.9. The van der Waals surface area contributed by atoms with Gasteiger partial charge in [0.05, 0.1) is 0 Å². The number of unbranched alkanes of at least 4 members (excludes halogenated alkanes) is 4. The number of carbonyl (C=O) groups excluding carboxylic acids is 4. The zero-order valence-electron chi connectivity index (χ0n) is 31.8. The first-order valence-corrected chi connectivity index (χ1v) is 20.8. The molecule has 54 heavy (non-hydrogen) atoms. The molecule has 2 fully saturated rings. The van der Waals surface area contributed by atoms with Crippen LogP contribution in [0.4, 0.5) is 0 Å². The van der Waals surface area contributed by atoms with Gasteiger partial charge in [-0.3, -0.25) is 29.0 Å². The fraction of sp³-hybridized carbons (Fsp3) is 0.417. The van der Waals surface area contributed by atoms with Crippen LogP contribution in [0.2, 0.25) is 0 Å². The van der Waals surface area contributed by atoms with E-state index in [1.807, 2.05) is 24.3 Å². The van der Waals surface area contributed by atoms with Gasteiger partial charge < -0.3 is 0 Å². The second-order valence-electron chi connectivity index (χ2n) is 16.2. The Labute approximate surface area is 317 Å². The summed E-state index contributed by atoms with van der Waals surface area (Å²) in [5.41, 5.74) is 4.21. The SMILES string of the molecule is CCCC/C=C/c1cc2c3c(ccc4c5c(/C=C/CCCC)cc6c7c(ccc(c1c34)c75)C(=O)N(C1CCCCC1)C6=O)C(=O)N(C1CCCCC1)C2=O. The van der Waals surface area contributed by atoms with Crippen molar-refractivity contribution in [2.75, 3.05) is 0 Å². The summed E-state index contributed by atoms with van der Waals surface area (Å²) in [5.74, 6) is -0.780. The van der Waals surface area contributed by atoms with Crippen LogP contribution in [-0.4, -0.2) is 45.5 Å². The van der Waals surface area contributed by atoms with E-state index in [9.17, 15) is 19.2 Å². The van der Waals surface area contributed by atoms with Gasteiger partial charge in [-0.25, -0.2) is 0 Å². The minimum Gasteiger partial charge on any atom is -0.271 e. The third-order valence-corrected chi connectivity index (χ3v) is 12.9. The van der Waals surface area contributed by atoms with Gasteiger partial charge in [0, 0.05) is 45.1 Å². The van der Waals surface area contributed by atoms with Crippen molar-refractivity contribution in [3.63, 3.8) is 0 Å². The van der Waals surface area contributed by atoms with Crippen LogP contribution >= 0.6 is 0 Å². The van der Waals surface area contributed by atoms with E-state index in [0.29, 0.717) is 22.3 Å². The van der Waals surface area contributed by atoms with E-state index in [1.165, 1.54) is 0 Å². The highest BCUT2D eigenvalue weighted by Gasteiger charge is 2.42. The van der Waals surface area contributed by atoms with Gasteiger partial charge in [0.1, 0.15) is 0 Å². The van der Waals surface area contributed by atoms with Gasteiger partial charge in [-0.15, -0.1) is 0 Å². The number of hydrogen-bond donors (Lipinski definition) is 0. The lowest BCUT2D eigenvalue weighted by Gasteiger charge is -2.37. The van der Waals surface area contributed by atoms with E-state index in [0.717, 1.165) is 157 Å². The van der Waals surface area contributed by atoms with Crippen molar-refractivity contribution < 1.29 is 19.2 Å². The molecule has 0 aromatic heterocycles. The predicted molar refractivity (Wildman–Crippen MR) is 220 cm³/mol. The minimum atomic E-state index is -0.196. The lowest BCUT2D eigenvalue weighted by Crippen LogP contribution is -2.48. The molecule has 0 bridgehead atoms. The number of hydrogen-bond acceptors (Lipinski definition) is 4. The molecular formula is C48H50N2O4. The number of nitrogens with zero attached hydrogens (tertiary/aromatic N) is 2. The monoisotopic (exact) mass is 718 g/mol. The highest BCUT2D eigenvalue weighted by Crippen LogP contribution is 2.50. The fourth-order valence-corrected chi connectivity index (χ4v) is 10.2. The Bertz CT molecular complexity index is 2250. The van der Waals surface area contributed by atoms with Crippen molar-refractivity contribution >= 4 is 78.9 Å². The number of imide groups is 2. The van der Waals surface area contributed by atoms with Crippen LogP contribution < -0.4 is 0 Å². The molecule has 0 atom stereocenters. The molecule has 5 aromatic carbocycles. The quantitative estimate of drug-likeness (QED) is 0.0623. The largest absolute Gasteiger partial charge is 0.271 e. The fourth-order valence-electron chi connectivity index (χ4n) is 10.2. The Kier molecular flexibility index (Phi) is 9.11. The standard InChI is InChI=1S/C48H50N2O4/c1-3-5-7-11-17-29-27-37-41-35(45(51)49(47(37)53)31-19-13-9-14-20-31)26-24-34-40-30(18-12-8-6-4-2)28-38-42-36(25-23-33(44(40)42)39(29)43(34)41)46(52)50(48(38)54)32-21-15-10-16-22-32/h11-12,17-18,23-28,31-32H,3-10,13-16,19-22H2,1-2H3/b17-11+,18-12+. The number of benzene rings is 5. The third-order valence-electron chi connectivity index (χ3n) is 12.9. The predicted octanol–water partition coefficient (Wildman–Crippen LogP) is 12.0. The van der Waals surface area contributed by atoms with Gasteiger partial charge in [-0.1, -0.05) is 114 Å². The summed E-state index contributed by atoms with van der Waals surface area (Å²) in [6.07, 6.45) is 24.6. The second kappa shape index (κ2) is 14.1. The molecule has 2 aliphatic carbocycles. The normalized spacial score (nSPS) is 18.8. The van der Waals surface area contributed by atoms with Gasteiger partial charge in [0.2, 0.25) is 0 Å². The molecule has 2 heterocycles. The maximum Gasteiger partial charge on any atom is 0.261 e. The van der Waals surface area contributed by atoms with E-state index < -0.39 is 0 Å². The van der Waals surface area contributed by atoms with E-state index in [1.54, 1.807) is 9.80 Å². The van der Waals surface area contributed by atoms with Crippen LogP contribution in [0.25, 0.3) is 55.2 Å². The number of allylic oxidation sites excluding steroid dienone is 2. The summed E-state index contributed by atoms with van der Waals surface area (Å²) in [4.78, 5) is 61.3. The van der Waals surface area contributed by atoms with Gasteiger partial charge in [-0.2, -0.15) is 0 Å². The molecule has 4 aliphatic rings. The summed E-state index contributed by atoms with van der Waals surface area (Å²) in [7, 11) is 0. The van der Waals surface area contributed by atoms with Crippen molar-refractivity contribution in [3.8, 4) is 0 Å². The van der Waals surface area contributed by atoms with Crippen LogP contribution in [0.3, 0.4) is 0 Å². The van der Waals surface area contributed by atoms with Crippen LogP contribution in [0.1, 0.15) is 169 Å². The van der Waals surface area contributed by atoms with Gasteiger partial charge in [0.15, 0.2) is 0 Å². The molecule has 0 spiro atoms. The zero-order chi connectivity index (χ0) is 37.1. The zero-order valence-corrected chi connectivity index (χ0v) is 31.8. The lowest BCUT2D eigenvalue weighted by molar-refractivity contribution is 0.0487. The first-order chi connectivity index (χ1) is 26.4. The Morgan fingerprint density at radius 2 is 0.889 bits per heavy atom. The van der Waals surface area contributed by atoms with Crippen molar-refractivity contribution in [1.29, 1.82) is 0 Å². The first-order valence-electron chi connectivity index (χ1n) is 20.8. The maximum absolute atomic E-state index is 14.6. The Balaban J connectivity index is 1.38. The van der Waals surface area contributed by atoms with Crippen molar-refractivity contribution in [2.24, 2.45) is 0 Å². The molecule has 6 heteroatoms. The molecule has 9 rings (SSSR count). The molecule has 6 nitrogen and oxygen atoms in total. The summed E-state index contributed by atoms with van der Waals surface area (Å²) in [5, 5.41) is 7.12. The summed E-state index contributed by atoms with van der Waals surface area (Å²) >= 11 is 0. The number of fused-ring (bicyclic) bond motifs is 2. The number of rotatable bonds is 10. The van der Waals surface area contributed by atoms with Crippen LogP contribution in [0, 0.1) is 0 Å². The highest BCUT2D eigenvalue weighted by atomic mass is 16.2. The van der Waals surface area contributed by atoms with Crippen molar-refractivity contribution in [2.45, 2.75) is 129 Å². The molecular weight excluding hydrogens is 669 g/mol. The van der Waals surface area contributed by atoms with Crippen molar-refractivity contribution in [3.05, 3.63) is 81.9 Å². The Hall–Kier alpha value is -4.84. The average molecular weight is 719 g/mol. The molecule has 0 radical (unpaired) electrons. The topological polar surface area (TPSA) is 74.8 Å². The molecule has 0 saturated heterocycles. The summed E-state index contributed by atoms with van der Waals surface area (Å²) < 4.78 is 0. The van der Waals surface area contributed by atoms with E-state index in [4.69, 9.17) is 0 Å². The third kappa shape index (κ3) is 5.34.